The Morgan fingerprint density at radius 1 is 1.10 bits per heavy atom. The maximum Gasteiger partial charge on any atom is 0.124 e. The molecule has 21 heavy (non-hydrogen) atoms. The number of hydrogen-bond acceptors (Lipinski definition) is 3. The predicted octanol–water partition coefficient (Wildman–Crippen LogP) is 3.98. The van der Waals surface area contributed by atoms with Gasteiger partial charge in [0.25, 0.3) is 0 Å². The number of anilines is 1. The van der Waals surface area contributed by atoms with Crippen LogP contribution in [0.5, 0.6) is 11.5 Å². The lowest BCUT2D eigenvalue weighted by atomic mass is 10.00. The summed E-state index contributed by atoms with van der Waals surface area (Å²) in [7, 11) is 3.40. The number of methoxy groups -OCH3 is 2. The van der Waals surface area contributed by atoms with Crippen molar-refractivity contribution in [3.05, 3.63) is 53.1 Å². The van der Waals surface area contributed by atoms with Crippen molar-refractivity contribution in [3.63, 3.8) is 0 Å². The zero-order valence-electron chi connectivity index (χ0n) is 12.8. The number of ether oxygens (including phenoxy) is 2. The van der Waals surface area contributed by atoms with Crippen molar-refractivity contribution in [1.29, 1.82) is 0 Å². The molecular formula is C18H21NO2. The van der Waals surface area contributed by atoms with Crippen molar-refractivity contribution < 1.29 is 9.47 Å². The largest absolute Gasteiger partial charge is 0.497 e. The molecule has 0 radical (unpaired) electrons. The topological polar surface area (TPSA) is 30.5 Å². The fraction of sp³-hybridized carbons (Fsp3) is 0.333. The first-order chi connectivity index (χ1) is 10.2. The van der Waals surface area contributed by atoms with Crippen LogP contribution in [0.15, 0.2) is 36.4 Å². The molecule has 1 aliphatic rings. The average Bonchev–Trinajstić information content (AvgIpc) is 2.96. The Balaban J connectivity index is 1.93. The van der Waals surface area contributed by atoms with E-state index in [4.69, 9.17) is 9.47 Å². The van der Waals surface area contributed by atoms with Gasteiger partial charge in [-0.05, 0) is 48.2 Å². The predicted molar refractivity (Wildman–Crippen MR) is 85.4 cm³/mol. The molecule has 0 aromatic heterocycles. The summed E-state index contributed by atoms with van der Waals surface area (Å²) >= 11 is 0. The minimum atomic E-state index is 0.233. The number of rotatable bonds is 4. The molecular weight excluding hydrogens is 262 g/mol. The summed E-state index contributed by atoms with van der Waals surface area (Å²) < 4.78 is 10.8. The number of benzene rings is 2. The molecule has 0 bridgehead atoms. The van der Waals surface area contributed by atoms with Gasteiger partial charge in [0.05, 0.1) is 20.3 Å². The van der Waals surface area contributed by atoms with Crippen molar-refractivity contribution in [2.45, 2.75) is 25.8 Å². The van der Waals surface area contributed by atoms with Gasteiger partial charge in [0, 0.05) is 11.3 Å². The first-order valence-corrected chi connectivity index (χ1v) is 7.35. The molecule has 0 saturated carbocycles. The summed E-state index contributed by atoms with van der Waals surface area (Å²) in [5.41, 5.74) is 5.13. The van der Waals surface area contributed by atoms with Gasteiger partial charge in [0.2, 0.25) is 0 Å². The van der Waals surface area contributed by atoms with Crippen molar-refractivity contribution in [1.82, 2.24) is 0 Å². The smallest absolute Gasteiger partial charge is 0.124 e. The van der Waals surface area contributed by atoms with Gasteiger partial charge in [-0.3, -0.25) is 0 Å². The molecule has 2 aromatic carbocycles. The van der Waals surface area contributed by atoms with Crippen LogP contribution in [0.2, 0.25) is 0 Å². The molecule has 0 saturated heterocycles. The summed E-state index contributed by atoms with van der Waals surface area (Å²) in [6.45, 7) is 2.19. The summed E-state index contributed by atoms with van der Waals surface area (Å²) in [4.78, 5) is 0. The normalized spacial score (nSPS) is 16.2. The lowest BCUT2D eigenvalue weighted by Crippen LogP contribution is -2.07. The second-order valence-electron chi connectivity index (χ2n) is 5.35. The van der Waals surface area contributed by atoms with Crippen LogP contribution in [0, 0.1) is 0 Å². The first-order valence-electron chi connectivity index (χ1n) is 7.35. The highest BCUT2D eigenvalue weighted by atomic mass is 16.5. The molecule has 0 aliphatic carbocycles. The fourth-order valence-corrected chi connectivity index (χ4v) is 2.93. The molecule has 3 nitrogen and oxygen atoms in total. The molecule has 0 amide bonds. The van der Waals surface area contributed by atoms with E-state index < -0.39 is 0 Å². The molecule has 1 aliphatic heterocycles. The monoisotopic (exact) mass is 283 g/mol. The summed E-state index contributed by atoms with van der Waals surface area (Å²) in [5.74, 6) is 1.76. The molecule has 110 valence electrons. The van der Waals surface area contributed by atoms with Gasteiger partial charge in [-0.1, -0.05) is 19.1 Å². The third kappa shape index (κ3) is 2.56. The summed E-state index contributed by atoms with van der Waals surface area (Å²) in [6, 6.07) is 12.9. The Bertz CT molecular complexity index is 652. The van der Waals surface area contributed by atoms with Crippen LogP contribution >= 0.6 is 0 Å². The summed E-state index contributed by atoms with van der Waals surface area (Å²) in [6.07, 6.45) is 2.05. The Morgan fingerprint density at radius 2 is 1.95 bits per heavy atom. The van der Waals surface area contributed by atoms with Gasteiger partial charge >= 0.3 is 0 Å². The van der Waals surface area contributed by atoms with E-state index in [-0.39, 0.29) is 6.04 Å². The van der Waals surface area contributed by atoms with Crippen LogP contribution in [0.25, 0.3) is 0 Å². The van der Waals surface area contributed by atoms with E-state index in [0.29, 0.717) is 0 Å². The van der Waals surface area contributed by atoms with Crippen molar-refractivity contribution >= 4 is 5.69 Å². The Morgan fingerprint density at radius 3 is 2.67 bits per heavy atom. The van der Waals surface area contributed by atoms with E-state index >= 15 is 0 Å². The molecule has 3 rings (SSSR count). The molecule has 2 aromatic rings. The SMILES string of the molecule is CCc1ccc2c(c1)CC(c1cc(OC)ccc1OC)N2. The van der Waals surface area contributed by atoms with Crippen LogP contribution in [0.3, 0.4) is 0 Å². The molecule has 1 N–H and O–H groups in total. The number of aryl methyl sites for hydroxylation is 1. The van der Waals surface area contributed by atoms with Crippen LogP contribution < -0.4 is 14.8 Å². The van der Waals surface area contributed by atoms with Crippen LogP contribution in [0.4, 0.5) is 5.69 Å². The second kappa shape index (κ2) is 5.68. The standard InChI is InChI=1S/C18H21NO2/c1-4-12-5-7-16-13(9-12)10-17(19-16)15-11-14(20-2)6-8-18(15)21-3/h5-9,11,17,19H,4,10H2,1-3H3. The highest BCUT2D eigenvalue weighted by Crippen LogP contribution is 2.39. The van der Waals surface area contributed by atoms with Gasteiger partial charge in [0.15, 0.2) is 0 Å². The van der Waals surface area contributed by atoms with Crippen LogP contribution in [0.1, 0.15) is 29.7 Å². The zero-order chi connectivity index (χ0) is 14.8. The highest BCUT2D eigenvalue weighted by molar-refractivity contribution is 5.61. The lowest BCUT2D eigenvalue weighted by Gasteiger charge is -2.16. The number of nitrogens with one attached hydrogen (secondary N) is 1. The average molecular weight is 283 g/mol. The van der Waals surface area contributed by atoms with Crippen molar-refractivity contribution in [3.8, 4) is 11.5 Å². The van der Waals surface area contributed by atoms with Crippen molar-refractivity contribution in [2.75, 3.05) is 19.5 Å². The molecule has 1 atom stereocenters. The number of hydrogen-bond donors (Lipinski definition) is 1. The van der Waals surface area contributed by atoms with Gasteiger partial charge in [-0.25, -0.2) is 0 Å². The number of fused-ring (bicyclic) bond motifs is 1. The summed E-state index contributed by atoms with van der Waals surface area (Å²) in [5, 5.41) is 3.59. The van der Waals surface area contributed by atoms with E-state index in [0.717, 1.165) is 29.9 Å². The van der Waals surface area contributed by atoms with Gasteiger partial charge in [0.1, 0.15) is 11.5 Å². The molecule has 1 heterocycles. The molecule has 3 heteroatoms. The Labute approximate surface area is 125 Å². The minimum absolute atomic E-state index is 0.233. The van der Waals surface area contributed by atoms with Gasteiger partial charge in [-0.15, -0.1) is 0 Å². The van der Waals surface area contributed by atoms with Gasteiger partial charge in [-0.2, -0.15) is 0 Å². The third-order valence-corrected chi connectivity index (χ3v) is 4.14. The fourth-order valence-electron chi connectivity index (χ4n) is 2.93. The molecule has 0 fully saturated rings. The highest BCUT2D eigenvalue weighted by Gasteiger charge is 2.25. The Kier molecular flexibility index (Phi) is 3.74. The quantitative estimate of drug-likeness (QED) is 0.920. The van der Waals surface area contributed by atoms with Crippen LogP contribution in [-0.4, -0.2) is 14.2 Å². The molecule has 1 unspecified atom stereocenters. The van der Waals surface area contributed by atoms with E-state index in [1.165, 1.54) is 16.8 Å². The van der Waals surface area contributed by atoms with Crippen LogP contribution in [-0.2, 0) is 12.8 Å². The minimum Gasteiger partial charge on any atom is -0.497 e. The maximum atomic E-state index is 5.51. The van der Waals surface area contributed by atoms with E-state index in [9.17, 15) is 0 Å². The second-order valence-corrected chi connectivity index (χ2v) is 5.35. The van der Waals surface area contributed by atoms with E-state index in [1.54, 1.807) is 14.2 Å². The van der Waals surface area contributed by atoms with Crippen molar-refractivity contribution in [2.24, 2.45) is 0 Å². The van der Waals surface area contributed by atoms with Gasteiger partial charge < -0.3 is 14.8 Å². The van der Waals surface area contributed by atoms with E-state index in [1.807, 2.05) is 12.1 Å². The maximum absolute atomic E-state index is 5.51. The zero-order valence-corrected chi connectivity index (χ0v) is 12.8. The van der Waals surface area contributed by atoms with E-state index in [2.05, 4.69) is 36.5 Å². The lowest BCUT2D eigenvalue weighted by molar-refractivity contribution is 0.396. The third-order valence-electron chi connectivity index (χ3n) is 4.14. The molecule has 0 spiro atoms. The first kappa shape index (κ1) is 13.8. The Hall–Kier alpha value is -2.16.